The number of para-hydroxylation sites is 1. The number of amides is 3. The van der Waals surface area contributed by atoms with E-state index in [0.29, 0.717) is 25.0 Å². The number of fused-ring (bicyclic) bond motifs is 1. The van der Waals surface area contributed by atoms with Gasteiger partial charge in [-0.1, -0.05) is 31.0 Å². The number of carbonyl (C=O) groups is 2. The van der Waals surface area contributed by atoms with Crippen LogP contribution in [0.1, 0.15) is 44.9 Å². The first kappa shape index (κ1) is 20.9. The van der Waals surface area contributed by atoms with Gasteiger partial charge in [0.05, 0.1) is 6.04 Å². The molecule has 1 saturated carbocycles. The summed E-state index contributed by atoms with van der Waals surface area (Å²) >= 11 is 0. The van der Waals surface area contributed by atoms with E-state index < -0.39 is 0 Å². The monoisotopic (exact) mass is 406 g/mol. The van der Waals surface area contributed by atoms with E-state index in [9.17, 15) is 9.59 Å². The predicted molar refractivity (Wildman–Crippen MR) is 113 cm³/mol. The Bertz CT molecular complexity index is 650. The van der Waals surface area contributed by atoms with Gasteiger partial charge >= 0.3 is 6.03 Å². The summed E-state index contributed by atoms with van der Waals surface area (Å²) in [6.07, 6.45) is 7.67. The number of likely N-dealkylation sites (tertiary alicyclic amines) is 1. The number of nitrogens with one attached hydrogen (secondary N) is 3. The van der Waals surface area contributed by atoms with Gasteiger partial charge in [0.15, 0.2) is 0 Å². The summed E-state index contributed by atoms with van der Waals surface area (Å²) in [6, 6.07) is 10.1. The van der Waals surface area contributed by atoms with Crippen molar-refractivity contribution in [3.63, 3.8) is 0 Å². The maximum atomic E-state index is 12.6. The van der Waals surface area contributed by atoms with Gasteiger partial charge in [-0.2, -0.15) is 0 Å². The van der Waals surface area contributed by atoms with Crippen LogP contribution >= 0.6 is 12.4 Å². The molecule has 2 heterocycles. The Morgan fingerprint density at radius 1 is 1.00 bits per heavy atom. The lowest BCUT2D eigenvalue weighted by Crippen LogP contribution is -2.51. The highest BCUT2D eigenvalue weighted by Gasteiger charge is 2.38. The summed E-state index contributed by atoms with van der Waals surface area (Å²) in [4.78, 5) is 26.8. The molecule has 0 bridgehead atoms. The fraction of sp³-hybridized carbons (Fsp3) is 0.619. The Morgan fingerprint density at radius 2 is 1.71 bits per heavy atom. The number of hydrogen-bond acceptors (Lipinski definition) is 3. The molecule has 0 aromatic heterocycles. The summed E-state index contributed by atoms with van der Waals surface area (Å²) in [5, 5.41) is 9.70. The van der Waals surface area contributed by atoms with Crippen LogP contribution in [-0.4, -0.2) is 48.1 Å². The van der Waals surface area contributed by atoms with Gasteiger partial charge in [-0.3, -0.25) is 4.79 Å². The second-order valence-electron chi connectivity index (χ2n) is 8.17. The van der Waals surface area contributed by atoms with Crippen LogP contribution < -0.4 is 16.0 Å². The van der Waals surface area contributed by atoms with Crippen molar-refractivity contribution in [1.82, 2.24) is 15.5 Å². The lowest BCUT2D eigenvalue weighted by molar-refractivity contribution is -0.123. The molecule has 28 heavy (non-hydrogen) atoms. The number of halogens is 1. The third-order valence-corrected chi connectivity index (χ3v) is 6.33. The smallest absolute Gasteiger partial charge is 0.321 e. The SMILES string of the molecule is Cl.O=C(NC1CCN(C(=O)Nc2ccccc2)CC1)C1CC2CCCCC2N1. The molecule has 3 N–H and O–H groups in total. The molecule has 3 fully saturated rings. The Kier molecular flexibility index (Phi) is 7.18. The van der Waals surface area contributed by atoms with E-state index in [-0.39, 0.29) is 36.4 Å². The van der Waals surface area contributed by atoms with Crippen molar-refractivity contribution in [2.24, 2.45) is 5.92 Å². The molecule has 3 aliphatic rings. The van der Waals surface area contributed by atoms with E-state index in [2.05, 4.69) is 16.0 Å². The Hall–Kier alpha value is -1.79. The molecule has 1 aromatic rings. The zero-order chi connectivity index (χ0) is 18.6. The first-order valence-electron chi connectivity index (χ1n) is 10.4. The van der Waals surface area contributed by atoms with Crippen molar-refractivity contribution in [3.05, 3.63) is 30.3 Å². The second kappa shape index (κ2) is 9.61. The van der Waals surface area contributed by atoms with Crippen molar-refractivity contribution in [1.29, 1.82) is 0 Å². The highest BCUT2D eigenvalue weighted by atomic mass is 35.5. The van der Waals surface area contributed by atoms with Crippen LogP contribution in [0.4, 0.5) is 10.5 Å². The van der Waals surface area contributed by atoms with E-state index in [1.54, 1.807) is 0 Å². The predicted octanol–water partition coefficient (Wildman–Crippen LogP) is 3.14. The van der Waals surface area contributed by atoms with Gasteiger partial charge in [0.25, 0.3) is 0 Å². The van der Waals surface area contributed by atoms with E-state index >= 15 is 0 Å². The van der Waals surface area contributed by atoms with Gasteiger partial charge in [-0.25, -0.2) is 4.79 Å². The summed E-state index contributed by atoms with van der Waals surface area (Å²) < 4.78 is 0. The third kappa shape index (κ3) is 4.97. The van der Waals surface area contributed by atoms with E-state index in [0.717, 1.165) is 24.9 Å². The van der Waals surface area contributed by atoms with Crippen LogP contribution in [0.5, 0.6) is 0 Å². The average Bonchev–Trinajstić information content (AvgIpc) is 3.14. The first-order valence-corrected chi connectivity index (χ1v) is 10.4. The molecule has 2 aliphatic heterocycles. The van der Waals surface area contributed by atoms with Gasteiger partial charge in [0, 0.05) is 30.9 Å². The molecule has 7 heteroatoms. The summed E-state index contributed by atoms with van der Waals surface area (Å²) in [5.74, 6) is 0.828. The normalized spacial score (nSPS) is 27.4. The number of urea groups is 1. The largest absolute Gasteiger partial charge is 0.352 e. The van der Waals surface area contributed by atoms with Gasteiger partial charge in [-0.05, 0) is 50.2 Å². The zero-order valence-electron chi connectivity index (χ0n) is 16.2. The molecule has 4 rings (SSSR count). The van der Waals surface area contributed by atoms with Crippen LogP contribution in [-0.2, 0) is 4.79 Å². The standard InChI is InChI=1S/C21H30N4O2.ClH/c26-20(19-14-15-6-4-5-9-18(15)24-19)22-17-10-12-25(13-11-17)21(27)23-16-7-2-1-3-8-16;/h1-3,7-8,15,17-19,24H,4-6,9-14H2,(H,22,26)(H,23,27);1H. The number of rotatable bonds is 3. The fourth-order valence-corrected chi connectivity index (χ4v) is 4.77. The van der Waals surface area contributed by atoms with E-state index in [1.807, 2.05) is 35.2 Å². The molecular formula is C21H31ClN4O2. The summed E-state index contributed by atoms with van der Waals surface area (Å²) in [7, 11) is 0. The van der Waals surface area contributed by atoms with Gasteiger partial charge in [-0.15, -0.1) is 12.4 Å². The Morgan fingerprint density at radius 3 is 2.43 bits per heavy atom. The first-order chi connectivity index (χ1) is 13.2. The topological polar surface area (TPSA) is 73.5 Å². The summed E-state index contributed by atoms with van der Waals surface area (Å²) in [6.45, 7) is 1.35. The molecule has 3 unspecified atom stereocenters. The van der Waals surface area contributed by atoms with Crippen LogP contribution in [0.15, 0.2) is 30.3 Å². The maximum absolute atomic E-state index is 12.6. The minimum absolute atomic E-state index is 0. The lowest BCUT2D eigenvalue weighted by Gasteiger charge is -2.33. The maximum Gasteiger partial charge on any atom is 0.321 e. The number of carbonyl (C=O) groups excluding carboxylic acids is 2. The minimum atomic E-state index is -0.0625. The highest BCUT2D eigenvalue weighted by Crippen LogP contribution is 2.33. The molecular weight excluding hydrogens is 376 g/mol. The Balaban J connectivity index is 0.00000225. The second-order valence-corrected chi connectivity index (χ2v) is 8.17. The van der Waals surface area contributed by atoms with Crippen molar-refractivity contribution in [2.45, 2.75) is 63.1 Å². The minimum Gasteiger partial charge on any atom is -0.352 e. The highest BCUT2D eigenvalue weighted by molar-refractivity contribution is 5.89. The van der Waals surface area contributed by atoms with Crippen molar-refractivity contribution in [3.8, 4) is 0 Å². The quantitative estimate of drug-likeness (QED) is 0.721. The van der Waals surface area contributed by atoms with E-state index in [4.69, 9.17) is 0 Å². The van der Waals surface area contributed by atoms with Crippen LogP contribution in [0.3, 0.4) is 0 Å². The van der Waals surface area contributed by atoms with Gasteiger partial charge in [0.1, 0.15) is 0 Å². The van der Waals surface area contributed by atoms with Crippen LogP contribution in [0.25, 0.3) is 0 Å². The number of nitrogens with zero attached hydrogens (tertiary/aromatic N) is 1. The number of piperidine rings is 1. The van der Waals surface area contributed by atoms with Gasteiger partial charge < -0.3 is 20.9 Å². The van der Waals surface area contributed by atoms with Crippen molar-refractivity contribution < 1.29 is 9.59 Å². The number of hydrogen-bond donors (Lipinski definition) is 3. The van der Waals surface area contributed by atoms with Gasteiger partial charge in [0.2, 0.25) is 5.91 Å². The lowest BCUT2D eigenvalue weighted by atomic mass is 9.85. The average molecular weight is 407 g/mol. The Labute approximate surface area is 173 Å². The third-order valence-electron chi connectivity index (χ3n) is 6.33. The van der Waals surface area contributed by atoms with Crippen molar-refractivity contribution in [2.75, 3.05) is 18.4 Å². The zero-order valence-corrected chi connectivity index (χ0v) is 17.0. The molecule has 3 amide bonds. The fourth-order valence-electron chi connectivity index (χ4n) is 4.77. The molecule has 6 nitrogen and oxygen atoms in total. The molecule has 0 spiro atoms. The van der Waals surface area contributed by atoms with Crippen LogP contribution in [0.2, 0.25) is 0 Å². The van der Waals surface area contributed by atoms with Crippen molar-refractivity contribution >= 4 is 30.0 Å². The molecule has 1 aromatic carbocycles. The molecule has 2 saturated heterocycles. The van der Waals surface area contributed by atoms with Crippen LogP contribution in [0, 0.1) is 5.92 Å². The number of benzene rings is 1. The molecule has 0 radical (unpaired) electrons. The summed E-state index contributed by atoms with van der Waals surface area (Å²) in [5.41, 5.74) is 0.812. The molecule has 154 valence electrons. The molecule has 3 atom stereocenters. The number of anilines is 1. The molecule has 1 aliphatic carbocycles. The van der Waals surface area contributed by atoms with E-state index in [1.165, 1.54) is 25.7 Å².